The maximum absolute atomic E-state index is 5.91. The van der Waals surface area contributed by atoms with Crippen LogP contribution >= 0.6 is 0 Å². The van der Waals surface area contributed by atoms with Gasteiger partial charge in [-0.05, 0) is 55.7 Å². The first-order valence-corrected chi connectivity index (χ1v) is 8.11. The van der Waals surface area contributed by atoms with E-state index in [2.05, 4.69) is 35.9 Å². The van der Waals surface area contributed by atoms with Crippen molar-refractivity contribution in [2.45, 2.75) is 25.8 Å². The van der Waals surface area contributed by atoms with Crippen LogP contribution in [0.1, 0.15) is 20.3 Å². The number of hydrogen-bond acceptors (Lipinski definition) is 4. The Hall–Kier alpha value is -1.91. The van der Waals surface area contributed by atoms with Crippen LogP contribution in [0.25, 0.3) is 11.1 Å². The number of hydrogen-bond donors (Lipinski definition) is 0. The zero-order valence-corrected chi connectivity index (χ0v) is 13.9. The zero-order valence-electron chi connectivity index (χ0n) is 13.9. The van der Waals surface area contributed by atoms with E-state index >= 15 is 0 Å². The quantitative estimate of drug-likeness (QED) is 0.764. The molecule has 1 aliphatic heterocycles. The van der Waals surface area contributed by atoms with Gasteiger partial charge in [0.15, 0.2) is 0 Å². The second kappa shape index (κ2) is 7.11. The number of ether oxygens (including phenoxy) is 2. The van der Waals surface area contributed by atoms with Gasteiger partial charge in [-0.3, -0.25) is 9.88 Å². The molecule has 122 valence electrons. The molecule has 4 heteroatoms. The van der Waals surface area contributed by atoms with E-state index in [-0.39, 0.29) is 5.54 Å². The van der Waals surface area contributed by atoms with Crippen LogP contribution in [0.5, 0.6) is 5.75 Å². The summed E-state index contributed by atoms with van der Waals surface area (Å²) in [4.78, 5) is 6.42. The molecule has 2 aromatic rings. The number of benzene rings is 1. The van der Waals surface area contributed by atoms with E-state index in [0.29, 0.717) is 6.61 Å². The van der Waals surface area contributed by atoms with E-state index in [1.807, 2.05) is 36.7 Å². The average molecular weight is 312 g/mol. The lowest BCUT2D eigenvalue weighted by Crippen LogP contribution is -2.41. The summed E-state index contributed by atoms with van der Waals surface area (Å²) in [5.74, 6) is 0.913. The highest BCUT2D eigenvalue weighted by Crippen LogP contribution is 2.24. The van der Waals surface area contributed by atoms with E-state index in [4.69, 9.17) is 9.47 Å². The minimum absolute atomic E-state index is 0.140. The maximum Gasteiger partial charge on any atom is 0.119 e. The van der Waals surface area contributed by atoms with Crippen LogP contribution in [0.2, 0.25) is 0 Å². The molecule has 0 spiro atoms. The normalized spacial score (nSPS) is 17.3. The summed E-state index contributed by atoms with van der Waals surface area (Å²) in [7, 11) is 0. The van der Waals surface area contributed by atoms with Gasteiger partial charge in [0.25, 0.3) is 0 Å². The van der Waals surface area contributed by atoms with Crippen molar-refractivity contribution in [2.75, 3.05) is 26.5 Å². The number of aromatic nitrogens is 1. The first-order chi connectivity index (χ1) is 11.1. The lowest BCUT2D eigenvalue weighted by atomic mass is 10.1. The van der Waals surface area contributed by atoms with Crippen molar-refractivity contribution in [1.82, 2.24) is 9.88 Å². The summed E-state index contributed by atoms with van der Waals surface area (Å²) >= 11 is 0. The Morgan fingerprint density at radius 3 is 2.74 bits per heavy atom. The van der Waals surface area contributed by atoms with Gasteiger partial charge in [0.05, 0.1) is 19.9 Å². The van der Waals surface area contributed by atoms with Crippen molar-refractivity contribution >= 4 is 0 Å². The van der Waals surface area contributed by atoms with Crippen LogP contribution in [-0.4, -0.2) is 41.9 Å². The van der Waals surface area contributed by atoms with Gasteiger partial charge < -0.3 is 9.47 Å². The van der Waals surface area contributed by atoms with Crippen LogP contribution in [-0.2, 0) is 4.74 Å². The molecule has 23 heavy (non-hydrogen) atoms. The van der Waals surface area contributed by atoms with Gasteiger partial charge in [-0.2, -0.15) is 0 Å². The molecule has 0 N–H and O–H groups in total. The van der Waals surface area contributed by atoms with Gasteiger partial charge in [-0.15, -0.1) is 0 Å². The summed E-state index contributed by atoms with van der Waals surface area (Å²) in [6, 6.07) is 12.2. The first-order valence-electron chi connectivity index (χ1n) is 8.11. The van der Waals surface area contributed by atoms with Crippen molar-refractivity contribution in [3.8, 4) is 16.9 Å². The summed E-state index contributed by atoms with van der Waals surface area (Å²) in [5.41, 5.74) is 2.45. The molecule has 2 heterocycles. The number of rotatable bonds is 6. The summed E-state index contributed by atoms with van der Waals surface area (Å²) in [5, 5.41) is 0. The Morgan fingerprint density at radius 1 is 1.17 bits per heavy atom. The second-order valence-corrected chi connectivity index (χ2v) is 6.52. The fourth-order valence-corrected chi connectivity index (χ4v) is 2.79. The molecule has 1 aliphatic rings. The molecule has 0 saturated carbocycles. The molecule has 0 atom stereocenters. The van der Waals surface area contributed by atoms with Gasteiger partial charge in [0, 0.05) is 24.5 Å². The molecule has 0 unspecified atom stereocenters. The SMILES string of the molecule is CC1(C)COCN1CCCOc1cccc(-c2ccncc2)c1. The fraction of sp³-hybridized carbons (Fsp3) is 0.421. The minimum atomic E-state index is 0.140. The van der Waals surface area contributed by atoms with Crippen LogP contribution < -0.4 is 4.74 Å². The third-order valence-electron chi connectivity index (χ3n) is 4.25. The average Bonchev–Trinajstić information content (AvgIpc) is 2.91. The Balaban J connectivity index is 1.51. The highest BCUT2D eigenvalue weighted by molar-refractivity contribution is 5.64. The molecule has 4 nitrogen and oxygen atoms in total. The maximum atomic E-state index is 5.91. The predicted molar refractivity (Wildman–Crippen MR) is 91.4 cm³/mol. The van der Waals surface area contributed by atoms with Gasteiger partial charge in [0.1, 0.15) is 5.75 Å². The molecule has 3 rings (SSSR count). The third kappa shape index (κ3) is 4.09. The van der Waals surface area contributed by atoms with Gasteiger partial charge in [0.2, 0.25) is 0 Å². The lowest BCUT2D eigenvalue weighted by molar-refractivity contribution is 0.124. The summed E-state index contributed by atoms with van der Waals surface area (Å²) < 4.78 is 11.4. The lowest BCUT2D eigenvalue weighted by Gasteiger charge is -2.28. The topological polar surface area (TPSA) is 34.6 Å². The Kier molecular flexibility index (Phi) is 4.94. The summed E-state index contributed by atoms with van der Waals surface area (Å²) in [6.45, 7) is 7.69. The molecule has 0 bridgehead atoms. The Morgan fingerprint density at radius 2 is 2.00 bits per heavy atom. The van der Waals surface area contributed by atoms with E-state index in [0.717, 1.165) is 43.2 Å². The van der Waals surface area contributed by atoms with Gasteiger partial charge in [-0.25, -0.2) is 0 Å². The zero-order chi connectivity index (χ0) is 16.1. The van der Waals surface area contributed by atoms with E-state index < -0.39 is 0 Å². The van der Waals surface area contributed by atoms with E-state index in [9.17, 15) is 0 Å². The molecule has 0 radical (unpaired) electrons. The van der Waals surface area contributed by atoms with Crippen molar-refractivity contribution in [3.05, 3.63) is 48.8 Å². The molecule has 0 amide bonds. The number of pyridine rings is 1. The van der Waals surface area contributed by atoms with Gasteiger partial charge in [-0.1, -0.05) is 12.1 Å². The van der Waals surface area contributed by atoms with Crippen LogP contribution in [0.3, 0.4) is 0 Å². The first kappa shape index (κ1) is 16.0. The van der Waals surface area contributed by atoms with Crippen LogP contribution in [0, 0.1) is 0 Å². The minimum Gasteiger partial charge on any atom is -0.494 e. The second-order valence-electron chi connectivity index (χ2n) is 6.52. The van der Waals surface area contributed by atoms with Crippen molar-refractivity contribution in [2.24, 2.45) is 0 Å². The summed E-state index contributed by atoms with van der Waals surface area (Å²) in [6.07, 6.45) is 4.61. The standard InChI is InChI=1S/C19H24N2O2/c1-19(2)14-22-15-21(19)11-4-12-23-18-6-3-5-17(13-18)16-7-9-20-10-8-16/h3,5-10,13H,4,11-12,14-15H2,1-2H3. The predicted octanol–water partition coefficient (Wildman–Crippen LogP) is 3.59. The molecular formula is C19H24N2O2. The van der Waals surface area contributed by atoms with Crippen LogP contribution in [0.15, 0.2) is 48.8 Å². The van der Waals surface area contributed by atoms with Crippen molar-refractivity contribution in [3.63, 3.8) is 0 Å². The molecule has 1 saturated heterocycles. The smallest absolute Gasteiger partial charge is 0.119 e. The molecular weight excluding hydrogens is 288 g/mol. The van der Waals surface area contributed by atoms with E-state index in [1.165, 1.54) is 0 Å². The van der Waals surface area contributed by atoms with E-state index in [1.54, 1.807) is 0 Å². The Labute approximate surface area is 138 Å². The Bertz CT molecular complexity index is 628. The molecule has 0 aliphatic carbocycles. The monoisotopic (exact) mass is 312 g/mol. The fourth-order valence-electron chi connectivity index (χ4n) is 2.79. The van der Waals surface area contributed by atoms with Crippen molar-refractivity contribution < 1.29 is 9.47 Å². The largest absolute Gasteiger partial charge is 0.494 e. The highest BCUT2D eigenvalue weighted by atomic mass is 16.5. The molecule has 1 fully saturated rings. The number of nitrogens with zero attached hydrogens (tertiary/aromatic N) is 2. The molecule has 1 aromatic heterocycles. The third-order valence-corrected chi connectivity index (χ3v) is 4.25. The van der Waals surface area contributed by atoms with Gasteiger partial charge >= 0.3 is 0 Å². The van der Waals surface area contributed by atoms with Crippen molar-refractivity contribution in [1.29, 1.82) is 0 Å². The molecule has 1 aromatic carbocycles. The van der Waals surface area contributed by atoms with Crippen LogP contribution in [0.4, 0.5) is 0 Å². The highest BCUT2D eigenvalue weighted by Gasteiger charge is 2.32.